The summed E-state index contributed by atoms with van der Waals surface area (Å²) in [5, 5.41) is 2.83. The molecule has 5 heteroatoms. The number of nitrogens with two attached hydrogens (primary N) is 1. The summed E-state index contributed by atoms with van der Waals surface area (Å²) in [6.45, 7) is 5.64. The number of hydrogen-bond donors (Lipinski definition) is 2. The van der Waals surface area contributed by atoms with Crippen molar-refractivity contribution in [1.29, 1.82) is 0 Å². The van der Waals surface area contributed by atoms with E-state index in [1.165, 1.54) is 7.11 Å². The zero-order valence-corrected chi connectivity index (χ0v) is 10.7. The predicted molar refractivity (Wildman–Crippen MR) is 63.1 cm³/mol. The first-order valence-electron chi connectivity index (χ1n) is 5.46. The first-order valence-corrected chi connectivity index (χ1v) is 5.46. The second-order valence-corrected chi connectivity index (χ2v) is 4.58. The Labute approximate surface area is 97.7 Å². The lowest BCUT2D eigenvalue weighted by Crippen LogP contribution is -2.44. The van der Waals surface area contributed by atoms with Crippen LogP contribution < -0.4 is 11.1 Å². The Kier molecular flexibility index (Phi) is 7.29. The zero-order valence-electron chi connectivity index (χ0n) is 10.7. The Bertz CT molecular complexity index is 203. The normalized spacial score (nSPS) is 13.6. The van der Waals surface area contributed by atoms with Crippen molar-refractivity contribution in [2.45, 2.75) is 26.4 Å². The number of carbonyl (C=O) groups excluding carboxylic acids is 1. The lowest BCUT2D eigenvalue weighted by molar-refractivity contribution is -0.131. The van der Waals surface area contributed by atoms with Gasteiger partial charge in [0.05, 0.1) is 0 Å². The van der Waals surface area contributed by atoms with Gasteiger partial charge in [0.15, 0.2) is 0 Å². The second kappa shape index (κ2) is 7.60. The van der Waals surface area contributed by atoms with Gasteiger partial charge < -0.3 is 20.5 Å². The van der Waals surface area contributed by atoms with Crippen LogP contribution in [0.1, 0.15) is 20.3 Å². The maximum absolute atomic E-state index is 11.6. The van der Waals surface area contributed by atoms with Crippen LogP contribution in [0.3, 0.4) is 0 Å². The van der Waals surface area contributed by atoms with E-state index in [1.54, 1.807) is 7.11 Å². The Balaban J connectivity index is 3.97. The minimum atomic E-state index is -0.557. The van der Waals surface area contributed by atoms with Gasteiger partial charge in [0.2, 0.25) is 5.91 Å². The molecule has 1 unspecified atom stereocenters. The third-order valence-corrected chi connectivity index (χ3v) is 2.52. The topological polar surface area (TPSA) is 73.6 Å². The molecule has 0 aliphatic heterocycles. The number of ether oxygens (including phenoxy) is 2. The van der Waals surface area contributed by atoms with E-state index in [9.17, 15) is 4.79 Å². The summed E-state index contributed by atoms with van der Waals surface area (Å²) in [5.74, 6) is -0.157. The number of rotatable bonds is 8. The van der Waals surface area contributed by atoms with Crippen LogP contribution in [-0.2, 0) is 14.3 Å². The lowest BCUT2D eigenvalue weighted by atomic mass is 9.89. The summed E-state index contributed by atoms with van der Waals surface area (Å²) in [6, 6.07) is 0. The largest absolute Gasteiger partial charge is 0.385 e. The van der Waals surface area contributed by atoms with Crippen molar-refractivity contribution in [3.8, 4) is 0 Å². The van der Waals surface area contributed by atoms with Crippen molar-refractivity contribution in [2.24, 2.45) is 11.1 Å². The maximum Gasteiger partial charge on any atom is 0.250 e. The van der Waals surface area contributed by atoms with E-state index in [0.29, 0.717) is 13.2 Å². The molecule has 0 aromatic heterocycles. The van der Waals surface area contributed by atoms with Crippen molar-refractivity contribution in [3.05, 3.63) is 0 Å². The van der Waals surface area contributed by atoms with Gasteiger partial charge in [-0.3, -0.25) is 4.79 Å². The molecular formula is C11H24N2O3. The van der Waals surface area contributed by atoms with Gasteiger partial charge in [0.1, 0.15) is 6.10 Å². The molecule has 0 fully saturated rings. The zero-order chi connectivity index (χ0) is 12.6. The fourth-order valence-electron chi connectivity index (χ4n) is 1.22. The molecule has 1 amide bonds. The van der Waals surface area contributed by atoms with E-state index in [1.807, 2.05) is 0 Å². The van der Waals surface area contributed by atoms with Crippen molar-refractivity contribution in [3.63, 3.8) is 0 Å². The number of amides is 1. The summed E-state index contributed by atoms with van der Waals surface area (Å²) < 4.78 is 9.96. The highest BCUT2D eigenvalue weighted by molar-refractivity contribution is 5.81. The van der Waals surface area contributed by atoms with Crippen LogP contribution in [0.5, 0.6) is 0 Å². The quantitative estimate of drug-likeness (QED) is 0.624. The fourth-order valence-corrected chi connectivity index (χ4v) is 1.22. The standard InChI is InChI=1S/C11H24N2O3/c1-11(2,5-6-15-3)8-13-10(14)9(7-12)16-4/h9H,5-8,12H2,1-4H3,(H,13,14). The van der Waals surface area contributed by atoms with Crippen LogP contribution in [0, 0.1) is 5.41 Å². The van der Waals surface area contributed by atoms with Crippen LogP contribution in [0.4, 0.5) is 0 Å². The molecule has 16 heavy (non-hydrogen) atoms. The van der Waals surface area contributed by atoms with E-state index in [4.69, 9.17) is 15.2 Å². The molecule has 0 radical (unpaired) electrons. The molecule has 3 N–H and O–H groups in total. The van der Waals surface area contributed by atoms with Crippen molar-refractivity contribution in [2.75, 3.05) is 33.9 Å². The molecule has 0 spiro atoms. The fraction of sp³-hybridized carbons (Fsp3) is 0.909. The minimum absolute atomic E-state index is 0.0125. The van der Waals surface area contributed by atoms with Gasteiger partial charge in [-0.05, 0) is 11.8 Å². The third-order valence-electron chi connectivity index (χ3n) is 2.52. The van der Waals surface area contributed by atoms with Crippen molar-refractivity contribution in [1.82, 2.24) is 5.32 Å². The molecule has 5 nitrogen and oxygen atoms in total. The summed E-state index contributed by atoms with van der Waals surface area (Å²) in [7, 11) is 3.15. The highest BCUT2D eigenvalue weighted by Crippen LogP contribution is 2.18. The van der Waals surface area contributed by atoms with Gasteiger partial charge in [-0.1, -0.05) is 13.8 Å². The van der Waals surface area contributed by atoms with Crippen LogP contribution in [0.15, 0.2) is 0 Å². The Hall–Kier alpha value is -0.650. The van der Waals surface area contributed by atoms with Crippen LogP contribution >= 0.6 is 0 Å². The van der Waals surface area contributed by atoms with E-state index in [2.05, 4.69) is 19.2 Å². The molecule has 0 saturated heterocycles. The molecular weight excluding hydrogens is 208 g/mol. The smallest absolute Gasteiger partial charge is 0.250 e. The first kappa shape index (κ1) is 15.3. The molecule has 96 valence electrons. The summed E-state index contributed by atoms with van der Waals surface area (Å²) in [6.07, 6.45) is 0.336. The average molecular weight is 232 g/mol. The molecule has 0 aliphatic rings. The summed E-state index contributed by atoms with van der Waals surface area (Å²) in [4.78, 5) is 11.6. The number of carbonyl (C=O) groups is 1. The molecule has 0 aromatic rings. The average Bonchev–Trinajstić information content (AvgIpc) is 2.25. The van der Waals surface area contributed by atoms with E-state index in [-0.39, 0.29) is 17.9 Å². The van der Waals surface area contributed by atoms with Crippen molar-refractivity contribution >= 4 is 5.91 Å². The van der Waals surface area contributed by atoms with Gasteiger partial charge in [-0.15, -0.1) is 0 Å². The van der Waals surface area contributed by atoms with E-state index >= 15 is 0 Å². The predicted octanol–water partition coefficient (Wildman–Crippen LogP) is 0.139. The SMILES string of the molecule is COCCC(C)(C)CNC(=O)C(CN)OC. The maximum atomic E-state index is 11.6. The Morgan fingerprint density at radius 2 is 2.06 bits per heavy atom. The van der Waals surface area contributed by atoms with E-state index < -0.39 is 6.10 Å². The monoisotopic (exact) mass is 232 g/mol. The molecule has 0 heterocycles. The summed E-state index contributed by atoms with van der Waals surface area (Å²) >= 11 is 0. The van der Waals surface area contributed by atoms with Crippen LogP contribution in [0.25, 0.3) is 0 Å². The van der Waals surface area contributed by atoms with Gasteiger partial charge in [0, 0.05) is 33.9 Å². The molecule has 0 saturated carbocycles. The van der Waals surface area contributed by atoms with Crippen LogP contribution in [0.2, 0.25) is 0 Å². The van der Waals surface area contributed by atoms with Crippen LogP contribution in [-0.4, -0.2) is 45.9 Å². The minimum Gasteiger partial charge on any atom is -0.385 e. The summed E-state index contributed by atoms with van der Waals surface area (Å²) in [5.41, 5.74) is 5.41. The number of hydrogen-bond acceptors (Lipinski definition) is 4. The van der Waals surface area contributed by atoms with Gasteiger partial charge in [0.25, 0.3) is 0 Å². The molecule has 1 atom stereocenters. The van der Waals surface area contributed by atoms with Crippen molar-refractivity contribution < 1.29 is 14.3 Å². The van der Waals surface area contributed by atoms with Gasteiger partial charge in [-0.25, -0.2) is 0 Å². The number of methoxy groups -OCH3 is 2. The highest BCUT2D eigenvalue weighted by atomic mass is 16.5. The first-order chi connectivity index (χ1) is 7.46. The van der Waals surface area contributed by atoms with Gasteiger partial charge in [-0.2, -0.15) is 0 Å². The van der Waals surface area contributed by atoms with E-state index in [0.717, 1.165) is 6.42 Å². The third kappa shape index (κ3) is 6.05. The Morgan fingerprint density at radius 1 is 1.44 bits per heavy atom. The second-order valence-electron chi connectivity index (χ2n) is 4.58. The molecule has 0 rings (SSSR count). The number of nitrogens with one attached hydrogen (secondary N) is 1. The Morgan fingerprint density at radius 3 is 2.50 bits per heavy atom. The highest BCUT2D eigenvalue weighted by Gasteiger charge is 2.21. The molecule has 0 bridgehead atoms. The molecule has 0 aliphatic carbocycles. The molecule has 0 aromatic carbocycles. The van der Waals surface area contributed by atoms with Gasteiger partial charge >= 0.3 is 0 Å². The lowest BCUT2D eigenvalue weighted by Gasteiger charge is -2.25.